The molecule has 0 aliphatic heterocycles. The minimum atomic E-state index is 0.654. The number of nitrogens with zero attached hydrogens (tertiary/aromatic N) is 3. The van der Waals surface area contributed by atoms with Gasteiger partial charge in [-0.3, -0.25) is 0 Å². The third-order valence-corrected chi connectivity index (χ3v) is 2.93. The molecule has 0 bridgehead atoms. The molecule has 1 aromatic rings. The van der Waals surface area contributed by atoms with Crippen LogP contribution in [0.1, 0.15) is 0 Å². The van der Waals surface area contributed by atoms with Gasteiger partial charge in [0.25, 0.3) is 0 Å². The Morgan fingerprint density at radius 1 is 1.62 bits per heavy atom. The Morgan fingerprint density at radius 3 is 2.92 bits per heavy atom. The molecule has 0 saturated carbocycles. The molecular formula is C8H9ClIN3. The molecule has 1 heterocycles. The lowest BCUT2D eigenvalue weighted by Gasteiger charge is -2.03. The van der Waals surface area contributed by atoms with Gasteiger partial charge < -0.3 is 4.90 Å². The van der Waals surface area contributed by atoms with E-state index in [9.17, 15) is 0 Å². The second-order valence-electron chi connectivity index (χ2n) is 2.64. The van der Waals surface area contributed by atoms with Crippen LogP contribution >= 0.6 is 34.2 Å². The Kier molecular flexibility index (Phi) is 3.92. The quantitative estimate of drug-likeness (QED) is 0.477. The smallest absolute Gasteiger partial charge is 0.168 e. The lowest BCUT2D eigenvalue weighted by molar-refractivity contribution is 0.643. The zero-order chi connectivity index (χ0) is 9.84. The summed E-state index contributed by atoms with van der Waals surface area (Å²) in [6.07, 6.45) is 3.34. The maximum Gasteiger partial charge on any atom is 0.168 e. The predicted octanol–water partition coefficient (Wildman–Crippen LogP) is 2.56. The standard InChI is InChI=1S/C8H9ClIN3/c1-13(2)5-12-8-7(10)6(9)3-4-11-8/h3-5H,1-2H3/b12-5+. The van der Waals surface area contributed by atoms with Crippen LogP contribution in [0.2, 0.25) is 5.02 Å². The van der Waals surface area contributed by atoms with E-state index in [1.54, 1.807) is 18.6 Å². The normalized spacial score (nSPS) is 10.8. The van der Waals surface area contributed by atoms with E-state index < -0.39 is 0 Å². The van der Waals surface area contributed by atoms with Gasteiger partial charge in [-0.1, -0.05) is 11.6 Å². The van der Waals surface area contributed by atoms with Gasteiger partial charge in [-0.2, -0.15) is 0 Å². The van der Waals surface area contributed by atoms with Crippen LogP contribution in [0.5, 0.6) is 0 Å². The Morgan fingerprint density at radius 2 is 2.31 bits per heavy atom. The number of aliphatic imine (C=N–C) groups is 1. The van der Waals surface area contributed by atoms with Gasteiger partial charge >= 0.3 is 0 Å². The Labute approximate surface area is 96.0 Å². The summed E-state index contributed by atoms with van der Waals surface area (Å²) < 4.78 is 0.875. The summed E-state index contributed by atoms with van der Waals surface area (Å²) in [6, 6.07) is 1.75. The SMILES string of the molecule is CN(C)/C=N/c1nccc(Cl)c1I. The second-order valence-corrected chi connectivity index (χ2v) is 4.12. The van der Waals surface area contributed by atoms with Crippen LogP contribution in [0.25, 0.3) is 0 Å². The lowest BCUT2D eigenvalue weighted by Crippen LogP contribution is -2.07. The first kappa shape index (κ1) is 10.7. The van der Waals surface area contributed by atoms with E-state index in [1.807, 2.05) is 19.0 Å². The summed E-state index contributed by atoms with van der Waals surface area (Å²) >= 11 is 8.02. The van der Waals surface area contributed by atoms with Crippen molar-refractivity contribution in [2.24, 2.45) is 4.99 Å². The summed E-state index contributed by atoms with van der Waals surface area (Å²) in [4.78, 5) is 10.1. The molecule has 1 aromatic heterocycles. The number of hydrogen-bond donors (Lipinski definition) is 0. The Bertz CT molecular complexity index is 325. The highest BCUT2D eigenvalue weighted by atomic mass is 127. The Balaban J connectivity index is 2.95. The third kappa shape index (κ3) is 3.11. The van der Waals surface area contributed by atoms with E-state index in [1.165, 1.54) is 0 Å². The molecule has 0 N–H and O–H groups in total. The van der Waals surface area contributed by atoms with Gasteiger partial charge in [0.15, 0.2) is 5.82 Å². The van der Waals surface area contributed by atoms with Crippen LogP contribution in [0.3, 0.4) is 0 Å². The van der Waals surface area contributed by atoms with Crippen molar-refractivity contribution in [3.63, 3.8) is 0 Å². The van der Waals surface area contributed by atoms with Crippen molar-refractivity contribution in [1.82, 2.24) is 9.88 Å². The molecule has 5 heteroatoms. The van der Waals surface area contributed by atoms with E-state index in [-0.39, 0.29) is 0 Å². The molecular weight excluding hydrogens is 300 g/mol. The molecule has 3 nitrogen and oxygen atoms in total. The summed E-state index contributed by atoms with van der Waals surface area (Å²) in [5, 5.41) is 0.682. The van der Waals surface area contributed by atoms with E-state index in [4.69, 9.17) is 11.6 Å². The lowest BCUT2D eigenvalue weighted by atomic mass is 10.5. The molecule has 0 aliphatic carbocycles. The fourth-order valence-corrected chi connectivity index (χ4v) is 1.27. The first-order valence-corrected chi connectivity index (χ1v) is 5.07. The van der Waals surface area contributed by atoms with Gasteiger partial charge in [-0.25, -0.2) is 9.98 Å². The van der Waals surface area contributed by atoms with Gasteiger partial charge in [-0.05, 0) is 28.7 Å². The molecule has 0 spiro atoms. The minimum Gasteiger partial charge on any atom is -0.369 e. The van der Waals surface area contributed by atoms with Crippen molar-refractivity contribution in [2.75, 3.05) is 14.1 Å². The van der Waals surface area contributed by atoms with Crippen molar-refractivity contribution in [3.05, 3.63) is 20.9 Å². The number of pyridine rings is 1. The Hall–Kier alpha value is -0.360. The molecule has 0 aliphatic rings. The average Bonchev–Trinajstić information content (AvgIpc) is 2.07. The molecule has 0 atom stereocenters. The van der Waals surface area contributed by atoms with Crippen LogP contribution in [-0.4, -0.2) is 30.3 Å². The molecule has 0 fully saturated rings. The van der Waals surface area contributed by atoms with Gasteiger partial charge in [0.05, 0.1) is 14.9 Å². The van der Waals surface area contributed by atoms with Crippen molar-refractivity contribution in [3.8, 4) is 0 Å². The fraction of sp³-hybridized carbons (Fsp3) is 0.250. The maximum atomic E-state index is 5.89. The summed E-state index contributed by atoms with van der Waals surface area (Å²) in [5.74, 6) is 0.654. The van der Waals surface area contributed by atoms with Crippen LogP contribution in [-0.2, 0) is 0 Å². The zero-order valence-electron chi connectivity index (χ0n) is 7.33. The van der Waals surface area contributed by atoms with E-state index in [0.717, 1.165) is 3.57 Å². The highest BCUT2D eigenvalue weighted by Crippen LogP contribution is 2.25. The van der Waals surface area contributed by atoms with Gasteiger partial charge in [0.1, 0.15) is 0 Å². The van der Waals surface area contributed by atoms with Crippen LogP contribution in [0.15, 0.2) is 17.3 Å². The summed E-state index contributed by atoms with van der Waals surface area (Å²) in [7, 11) is 3.81. The zero-order valence-corrected chi connectivity index (χ0v) is 10.2. The molecule has 0 radical (unpaired) electrons. The highest BCUT2D eigenvalue weighted by molar-refractivity contribution is 14.1. The van der Waals surface area contributed by atoms with Gasteiger partial charge in [0, 0.05) is 20.3 Å². The largest absolute Gasteiger partial charge is 0.369 e. The molecule has 0 amide bonds. The molecule has 0 aromatic carbocycles. The van der Waals surface area contributed by atoms with Crippen LogP contribution < -0.4 is 0 Å². The topological polar surface area (TPSA) is 28.5 Å². The molecule has 1 rings (SSSR count). The maximum absolute atomic E-state index is 5.89. The van der Waals surface area contributed by atoms with Crippen LogP contribution in [0, 0.1) is 3.57 Å². The number of halogens is 2. The second kappa shape index (κ2) is 4.76. The third-order valence-electron chi connectivity index (χ3n) is 1.23. The van der Waals surface area contributed by atoms with Crippen LogP contribution in [0.4, 0.5) is 5.82 Å². The van der Waals surface area contributed by atoms with E-state index >= 15 is 0 Å². The van der Waals surface area contributed by atoms with Crippen molar-refractivity contribution in [2.45, 2.75) is 0 Å². The van der Waals surface area contributed by atoms with E-state index in [0.29, 0.717) is 10.8 Å². The minimum absolute atomic E-state index is 0.654. The molecule has 70 valence electrons. The van der Waals surface area contributed by atoms with Gasteiger partial charge in [0.2, 0.25) is 0 Å². The monoisotopic (exact) mass is 309 g/mol. The van der Waals surface area contributed by atoms with Crippen molar-refractivity contribution in [1.29, 1.82) is 0 Å². The number of aromatic nitrogens is 1. The van der Waals surface area contributed by atoms with Crippen molar-refractivity contribution >= 4 is 46.3 Å². The van der Waals surface area contributed by atoms with E-state index in [2.05, 4.69) is 32.6 Å². The molecule has 0 unspecified atom stereocenters. The number of rotatable bonds is 2. The molecule has 13 heavy (non-hydrogen) atoms. The summed E-state index contributed by atoms with van der Waals surface area (Å²) in [6.45, 7) is 0. The van der Waals surface area contributed by atoms with Gasteiger partial charge in [-0.15, -0.1) is 0 Å². The number of hydrogen-bond acceptors (Lipinski definition) is 2. The average molecular weight is 310 g/mol. The first-order chi connectivity index (χ1) is 6.11. The predicted molar refractivity (Wildman–Crippen MR) is 63.8 cm³/mol. The summed E-state index contributed by atoms with van der Waals surface area (Å²) in [5.41, 5.74) is 0. The fourth-order valence-electron chi connectivity index (χ4n) is 0.670. The highest BCUT2D eigenvalue weighted by Gasteiger charge is 2.02. The van der Waals surface area contributed by atoms with Crippen molar-refractivity contribution < 1.29 is 0 Å². The molecule has 0 saturated heterocycles. The first-order valence-electron chi connectivity index (χ1n) is 3.62.